The number of halogens is 5. The Bertz CT molecular complexity index is 1050. The number of likely N-dealkylation sites (tertiary alicyclic amines) is 1. The van der Waals surface area contributed by atoms with Gasteiger partial charge in [0.25, 0.3) is 0 Å². The zero-order chi connectivity index (χ0) is 28.3. The number of ether oxygens (including phenoxy) is 2. The normalized spacial score (nSPS) is 20.3. The highest BCUT2D eigenvalue weighted by atomic mass is 32.2. The van der Waals surface area contributed by atoms with E-state index in [1.807, 2.05) is 0 Å². The number of alkyl halides is 3. The first kappa shape index (κ1) is 30.3. The van der Waals surface area contributed by atoms with E-state index in [1.54, 1.807) is 0 Å². The minimum absolute atomic E-state index is 0.00773. The van der Waals surface area contributed by atoms with Gasteiger partial charge in [0.15, 0.2) is 23.5 Å². The number of carbonyl (C=O) groups is 1. The summed E-state index contributed by atoms with van der Waals surface area (Å²) < 4.78 is 103. The Morgan fingerprint density at radius 3 is 2.13 bits per heavy atom. The average molecular weight is 575 g/mol. The number of aliphatic hydroxyl groups is 2. The quantitative estimate of drug-likeness (QED) is 0.459. The van der Waals surface area contributed by atoms with E-state index in [1.165, 1.54) is 4.31 Å². The lowest BCUT2D eigenvalue weighted by Gasteiger charge is -2.33. The number of sulfonamides is 1. The minimum atomic E-state index is -4.68. The molecule has 216 valence electrons. The van der Waals surface area contributed by atoms with Gasteiger partial charge in [-0.1, -0.05) is 0 Å². The molecule has 15 heteroatoms. The van der Waals surface area contributed by atoms with Gasteiger partial charge >= 0.3 is 12.3 Å². The first-order valence-electron chi connectivity index (χ1n) is 12.2. The Kier molecular flexibility index (Phi) is 9.81. The summed E-state index contributed by atoms with van der Waals surface area (Å²) in [5.74, 6) is -3.41. The van der Waals surface area contributed by atoms with E-state index >= 15 is 0 Å². The molecular weight excluding hydrogens is 543 g/mol. The van der Waals surface area contributed by atoms with Crippen LogP contribution in [0.3, 0.4) is 0 Å². The zero-order valence-corrected chi connectivity index (χ0v) is 21.5. The maximum atomic E-state index is 14.8. The number of hydrogen-bond donors (Lipinski definition) is 2. The van der Waals surface area contributed by atoms with E-state index < -0.39 is 70.3 Å². The van der Waals surface area contributed by atoms with Gasteiger partial charge in [0, 0.05) is 39.0 Å². The number of rotatable bonds is 8. The highest BCUT2D eigenvalue weighted by molar-refractivity contribution is 7.89. The van der Waals surface area contributed by atoms with Gasteiger partial charge < -0.3 is 24.6 Å². The highest BCUT2D eigenvalue weighted by Crippen LogP contribution is 2.34. The summed E-state index contributed by atoms with van der Waals surface area (Å²) in [6.45, 7) is 0.206. The smallest absolute Gasteiger partial charge is 0.425 e. The molecule has 1 aromatic rings. The van der Waals surface area contributed by atoms with Crippen molar-refractivity contribution in [3.8, 4) is 5.75 Å². The van der Waals surface area contributed by atoms with E-state index in [0.29, 0.717) is 18.4 Å². The van der Waals surface area contributed by atoms with Gasteiger partial charge in [-0.2, -0.15) is 13.2 Å². The predicted molar refractivity (Wildman–Crippen MR) is 124 cm³/mol. The van der Waals surface area contributed by atoms with Crippen molar-refractivity contribution in [2.45, 2.75) is 63.0 Å². The molecule has 0 aliphatic carbocycles. The van der Waals surface area contributed by atoms with Crippen LogP contribution >= 0.6 is 0 Å². The third-order valence-electron chi connectivity index (χ3n) is 6.68. The van der Waals surface area contributed by atoms with E-state index in [-0.39, 0.29) is 44.9 Å². The molecule has 0 bridgehead atoms. The van der Waals surface area contributed by atoms with Crippen LogP contribution in [0.1, 0.15) is 44.1 Å². The van der Waals surface area contributed by atoms with Crippen molar-refractivity contribution < 1.29 is 54.9 Å². The molecule has 2 N–H and O–H groups in total. The molecule has 1 aromatic carbocycles. The summed E-state index contributed by atoms with van der Waals surface area (Å²) in [4.78, 5) is 13.0. The molecular formula is C23H31F5N2O7S. The molecule has 3 rings (SSSR count). The van der Waals surface area contributed by atoms with Crippen LogP contribution in [-0.2, 0) is 14.8 Å². The molecule has 1 amide bonds. The third-order valence-corrected chi connectivity index (χ3v) is 8.63. The van der Waals surface area contributed by atoms with E-state index in [2.05, 4.69) is 4.74 Å². The SMILES string of the molecule is C[C@@H](OC(=O)N1CCC(Oc2c(F)cc(C3CCN(S(=O)(=O)C[C@H](O)CO)CC3)cc2F)CC1)C(F)(F)F. The average Bonchev–Trinajstić information content (AvgIpc) is 2.85. The van der Waals surface area contributed by atoms with Crippen molar-refractivity contribution in [2.24, 2.45) is 0 Å². The summed E-state index contributed by atoms with van der Waals surface area (Å²) in [5.41, 5.74) is 0.344. The van der Waals surface area contributed by atoms with E-state index in [0.717, 1.165) is 24.0 Å². The van der Waals surface area contributed by atoms with Gasteiger partial charge in [-0.05, 0) is 43.4 Å². The van der Waals surface area contributed by atoms with Crippen LogP contribution in [0.5, 0.6) is 5.75 Å². The molecule has 2 fully saturated rings. The Balaban J connectivity index is 1.54. The van der Waals surface area contributed by atoms with Crippen molar-refractivity contribution >= 4 is 16.1 Å². The fourth-order valence-electron chi connectivity index (χ4n) is 4.41. The van der Waals surface area contributed by atoms with Crippen molar-refractivity contribution in [1.29, 1.82) is 0 Å². The first-order chi connectivity index (χ1) is 17.7. The number of benzene rings is 1. The fourth-order valence-corrected chi connectivity index (χ4v) is 5.98. The van der Waals surface area contributed by atoms with Crippen LogP contribution in [0.25, 0.3) is 0 Å². The van der Waals surface area contributed by atoms with Gasteiger partial charge in [-0.15, -0.1) is 0 Å². The van der Waals surface area contributed by atoms with E-state index in [9.17, 15) is 40.3 Å². The Hall–Kier alpha value is -2.23. The van der Waals surface area contributed by atoms with Gasteiger partial charge in [0.05, 0.1) is 18.5 Å². The summed E-state index contributed by atoms with van der Waals surface area (Å²) in [6.07, 6.45) is -9.27. The molecule has 0 spiro atoms. The van der Waals surface area contributed by atoms with Gasteiger partial charge in [0.1, 0.15) is 6.10 Å². The molecule has 0 radical (unpaired) electrons. The summed E-state index contributed by atoms with van der Waals surface area (Å²) >= 11 is 0. The number of aliphatic hydroxyl groups excluding tert-OH is 2. The topological polar surface area (TPSA) is 117 Å². The van der Waals surface area contributed by atoms with Gasteiger partial charge in [-0.3, -0.25) is 0 Å². The van der Waals surface area contributed by atoms with Crippen molar-refractivity contribution in [2.75, 3.05) is 38.5 Å². The Labute approximate surface area is 217 Å². The predicted octanol–water partition coefficient (Wildman–Crippen LogP) is 2.76. The summed E-state index contributed by atoms with van der Waals surface area (Å²) in [7, 11) is -3.79. The van der Waals surface area contributed by atoms with Crippen LogP contribution < -0.4 is 4.74 Å². The summed E-state index contributed by atoms with van der Waals surface area (Å²) in [5, 5.41) is 18.3. The largest absolute Gasteiger partial charge is 0.484 e. The molecule has 2 aliphatic heterocycles. The Morgan fingerprint density at radius 2 is 1.63 bits per heavy atom. The lowest BCUT2D eigenvalue weighted by atomic mass is 9.90. The van der Waals surface area contributed by atoms with Crippen LogP contribution in [0.2, 0.25) is 0 Å². The number of hydrogen-bond acceptors (Lipinski definition) is 7. The highest BCUT2D eigenvalue weighted by Gasteiger charge is 2.40. The van der Waals surface area contributed by atoms with Crippen molar-refractivity contribution in [1.82, 2.24) is 9.21 Å². The molecule has 2 heterocycles. The van der Waals surface area contributed by atoms with Crippen molar-refractivity contribution in [3.63, 3.8) is 0 Å². The van der Waals surface area contributed by atoms with Crippen LogP contribution in [0.15, 0.2) is 12.1 Å². The second-order valence-electron chi connectivity index (χ2n) is 9.47. The zero-order valence-electron chi connectivity index (χ0n) is 20.7. The summed E-state index contributed by atoms with van der Waals surface area (Å²) in [6, 6.07) is 2.27. The molecule has 2 saturated heterocycles. The molecule has 2 atom stereocenters. The number of piperidine rings is 2. The van der Waals surface area contributed by atoms with Crippen LogP contribution in [0, 0.1) is 11.6 Å². The second-order valence-corrected chi connectivity index (χ2v) is 11.5. The molecule has 9 nitrogen and oxygen atoms in total. The Morgan fingerprint density at radius 1 is 1.08 bits per heavy atom. The second kappa shape index (κ2) is 12.3. The molecule has 0 aromatic heterocycles. The molecule has 0 saturated carbocycles. The van der Waals surface area contributed by atoms with E-state index in [4.69, 9.17) is 9.84 Å². The lowest BCUT2D eigenvalue weighted by molar-refractivity contribution is -0.200. The first-order valence-corrected chi connectivity index (χ1v) is 13.8. The lowest BCUT2D eigenvalue weighted by Crippen LogP contribution is -2.44. The van der Waals surface area contributed by atoms with Gasteiger partial charge in [-0.25, -0.2) is 26.3 Å². The van der Waals surface area contributed by atoms with Crippen molar-refractivity contribution in [3.05, 3.63) is 29.3 Å². The molecule has 0 unspecified atom stereocenters. The number of carbonyl (C=O) groups excluding carboxylic acids is 1. The maximum absolute atomic E-state index is 14.8. The minimum Gasteiger partial charge on any atom is -0.484 e. The molecule has 2 aliphatic rings. The molecule has 38 heavy (non-hydrogen) atoms. The monoisotopic (exact) mass is 574 g/mol. The fraction of sp³-hybridized carbons (Fsp3) is 0.696. The van der Waals surface area contributed by atoms with Gasteiger partial charge in [0.2, 0.25) is 10.0 Å². The maximum Gasteiger partial charge on any atom is 0.425 e. The third kappa shape index (κ3) is 7.67. The van der Waals surface area contributed by atoms with Crippen LogP contribution in [-0.4, -0.2) is 97.0 Å². The standard InChI is InChI=1S/C23H31F5N2O7S/c1-14(23(26,27)28)36-22(33)29-6-4-18(5-7-29)37-21-19(24)10-16(11-20(21)25)15-2-8-30(9-3-15)38(34,35)13-17(32)12-31/h10-11,14-15,17-18,31-32H,2-9,12-13H2,1H3/t14-,17-/m1/s1. The number of nitrogens with zero attached hydrogens (tertiary/aromatic N) is 2. The van der Waals surface area contributed by atoms with Crippen LogP contribution in [0.4, 0.5) is 26.7 Å². The number of amides is 1.